The lowest BCUT2D eigenvalue weighted by molar-refractivity contribution is -0.277. The maximum atomic E-state index is 14.0. The summed E-state index contributed by atoms with van der Waals surface area (Å²) in [7, 11) is 3.36. The average molecular weight is 540 g/mol. The SMILES string of the molecule is CN[C@H]1[C@H](O[C@H]2c3cc4ccccc4cc3[C@H]3[C@@H]2C=C[C@]32C(=O)C=Cc3ccc(OC)cc32)O[C@H](C)[C@H](O)[C@@H]1O. The molecule has 3 aromatic rings. The highest BCUT2D eigenvalue weighted by Gasteiger charge is 2.59. The predicted octanol–water partition coefficient (Wildman–Crippen LogP) is 3.78. The fourth-order valence-corrected chi connectivity index (χ4v) is 7.36. The maximum absolute atomic E-state index is 14.0. The summed E-state index contributed by atoms with van der Waals surface area (Å²) < 4.78 is 18.5. The van der Waals surface area contributed by atoms with Gasteiger partial charge in [-0.05, 0) is 71.3 Å². The van der Waals surface area contributed by atoms with E-state index in [9.17, 15) is 15.0 Å². The third kappa shape index (κ3) is 3.52. The molecule has 1 spiro atoms. The lowest BCUT2D eigenvalue weighted by Crippen LogP contribution is -2.62. The van der Waals surface area contributed by atoms with E-state index in [0.29, 0.717) is 5.75 Å². The summed E-state index contributed by atoms with van der Waals surface area (Å²) in [5, 5.41) is 26.5. The molecule has 0 amide bonds. The minimum Gasteiger partial charge on any atom is -0.497 e. The van der Waals surface area contributed by atoms with Gasteiger partial charge in [0.25, 0.3) is 0 Å². The molecule has 1 heterocycles. The van der Waals surface area contributed by atoms with Crippen LogP contribution in [0.3, 0.4) is 0 Å². The number of hydrogen-bond donors (Lipinski definition) is 3. The fraction of sp³-hybridized carbons (Fsp3) is 0.364. The summed E-state index contributed by atoms with van der Waals surface area (Å²) in [4.78, 5) is 14.0. The Morgan fingerprint density at radius 1 is 0.975 bits per heavy atom. The fourth-order valence-electron chi connectivity index (χ4n) is 7.36. The number of likely N-dealkylation sites (N-methyl/N-ethyl adjacent to an activating group) is 1. The van der Waals surface area contributed by atoms with E-state index in [2.05, 4.69) is 41.7 Å². The van der Waals surface area contributed by atoms with Gasteiger partial charge in [0.05, 0.1) is 30.8 Å². The smallest absolute Gasteiger partial charge is 0.176 e. The zero-order valence-corrected chi connectivity index (χ0v) is 22.7. The van der Waals surface area contributed by atoms with Crippen molar-refractivity contribution in [2.45, 2.75) is 55.0 Å². The van der Waals surface area contributed by atoms with Crippen molar-refractivity contribution < 1.29 is 29.2 Å². The lowest BCUT2D eigenvalue weighted by Gasteiger charge is -2.43. The molecule has 3 aliphatic carbocycles. The number of rotatable bonds is 4. The van der Waals surface area contributed by atoms with E-state index in [0.717, 1.165) is 33.0 Å². The van der Waals surface area contributed by atoms with Crippen molar-refractivity contribution in [2.24, 2.45) is 5.92 Å². The molecule has 1 fully saturated rings. The molecular formula is C33H33NO6. The van der Waals surface area contributed by atoms with Crippen LogP contribution in [0.2, 0.25) is 0 Å². The Morgan fingerprint density at radius 2 is 1.73 bits per heavy atom. The van der Waals surface area contributed by atoms with Gasteiger partial charge in [0.1, 0.15) is 18.0 Å². The summed E-state index contributed by atoms with van der Waals surface area (Å²) in [6, 6.07) is 17.9. The molecule has 1 saturated heterocycles. The predicted molar refractivity (Wildman–Crippen MR) is 151 cm³/mol. The van der Waals surface area contributed by atoms with Crippen molar-refractivity contribution in [2.75, 3.05) is 14.2 Å². The van der Waals surface area contributed by atoms with Crippen LogP contribution in [0.25, 0.3) is 16.8 Å². The summed E-state index contributed by atoms with van der Waals surface area (Å²) in [6.07, 6.45) is 3.83. The Morgan fingerprint density at radius 3 is 2.45 bits per heavy atom. The Hall–Kier alpha value is -3.33. The van der Waals surface area contributed by atoms with Crippen LogP contribution < -0.4 is 10.1 Å². The maximum Gasteiger partial charge on any atom is 0.176 e. The molecule has 3 aromatic carbocycles. The van der Waals surface area contributed by atoms with E-state index in [1.54, 1.807) is 27.2 Å². The standard InChI is InChI=1S/C33H33NO6/c1-17-29(36)30(37)28(34-2)32(39-17)40-31-22-12-13-33(25-16-21(38-3)10-8-18(25)9-11-26(33)35)27(22)23-14-19-6-4-5-7-20(19)15-24(23)31/h4-17,22,27-32,34,36-37H,1-3H3/t17-,22+,27-,28-,29+,30-,31-,32+,33+/m1/s1. The number of nitrogens with one attached hydrogen (secondary N) is 1. The molecule has 206 valence electrons. The van der Waals surface area contributed by atoms with Gasteiger partial charge in [-0.2, -0.15) is 0 Å². The molecule has 4 aliphatic rings. The van der Waals surface area contributed by atoms with E-state index in [4.69, 9.17) is 14.2 Å². The van der Waals surface area contributed by atoms with Gasteiger partial charge >= 0.3 is 0 Å². The molecule has 1 aliphatic heterocycles. The zero-order valence-electron chi connectivity index (χ0n) is 22.7. The van der Waals surface area contributed by atoms with Crippen molar-refractivity contribution in [3.8, 4) is 5.75 Å². The number of carbonyl (C=O) groups is 1. The van der Waals surface area contributed by atoms with Crippen LogP contribution in [0.5, 0.6) is 5.75 Å². The van der Waals surface area contributed by atoms with Crippen LogP contribution >= 0.6 is 0 Å². The number of ketones is 1. The Balaban J connectivity index is 1.39. The summed E-state index contributed by atoms with van der Waals surface area (Å²) in [6.45, 7) is 1.73. The van der Waals surface area contributed by atoms with Gasteiger partial charge in [-0.3, -0.25) is 4.79 Å². The third-order valence-electron chi connectivity index (χ3n) is 9.38. The van der Waals surface area contributed by atoms with Crippen LogP contribution in [0.4, 0.5) is 0 Å². The Bertz CT molecular complexity index is 1560. The van der Waals surface area contributed by atoms with Crippen molar-refractivity contribution in [3.63, 3.8) is 0 Å². The number of carbonyl (C=O) groups excluding carboxylic acids is 1. The van der Waals surface area contributed by atoms with Crippen LogP contribution in [-0.4, -0.2) is 60.8 Å². The minimum absolute atomic E-state index is 0.0333. The largest absolute Gasteiger partial charge is 0.497 e. The van der Waals surface area contributed by atoms with Crippen LogP contribution in [0.1, 0.15) is 41.2 Å². The monoisotopic (exact) mass is 539 g/mol. The molecule has 7 heteroatoms. The van der Waals surface area contributed by atoms with E-state index >= 15 is 0 Å². The molecule has 0 unspecified atom stereocenters. The molecule has 0 saturated carbocycles. The van der Waals surface area contributed by atoms with Crippen LogP contribution in [-0.2, 0) is 19.7 Å². The quantitative estimate of drug-likeness (QED) is 0.434. The Labute approximate surface area is 233 Å². The Kier molecular flexibility index (Phi) is 6.00. The number of allylic oxidation sites excluding steroid dienone is 2. The first-order valence-corrected chi connectivity index (χ1v) is 13.8. The first-order valence-electron chi connectivity index (χ1n) is 13.8. The van der Waals surface area contributed by atoms with Gasteiger partial charge in [-0.1, -0.05) is 54.6 Å². The number of benzene rings is 3. The second-order valence-corrected chi connectivity index (χ2v) is 11.3. The summed E-state index contributed by atoms with van der Waals surface area (Å²) in [5.74, 6) is 0.384. The summed E-state index contributed by atoms with van der Waals surface area (Å²) in [5.41, 5.74) is 3.10. The molecule has 7 nitrogen and oxygen atoms in total. The van der Waals surface area contributed by atoms with Gasteiger partial charge in [0, 0.05) is 11.8 Å². The summed E-state index contributed by atoms with van der Waals surface area (Å²) >= 11 is 0. The van der Waals surface area contributed by atoms with Crippen LogP contribution in [0, 0.1) is 5.92 Å². The van der Waals surface area contributed by atoms with Gasteiger partial charge in [0.2, 0.25) is 0 Å². The molecule has 0 bridgehead atoms. The number of aliphatic hydroxyl groups is 2. The molecule has 9 atom stereocenters. The minimum atomic E-state index is -1.05. The van der Waals surface area contributed by atoms with Crippen LogP contribution in [0.15, 0.2) is 72.8 Å². The van der Waals surface area contributed by atoms with E-state index < -0.39 is 42.2 Å². The first kappa shape index (κ1) is 25.6. The third-order valence-corrected chi connectivity index (χ3v) is 9.38. The zero-order chi connectivity index (χ0) is 27.8. The molecule has 0 radical (unpaired) electrons. The van der Waals surface area contributed by atoms with Crippen molar-refractivity contribution in [1.29, 1.82) is 0 Å². The van der Waals surface area contributed by atoms with E-state index in [1.807, 2.05) is 36.4 Å². The normalized spacial score (nSPS) is 35.7. The number of fused-ring (bicyclic) bond motifs is 7. The number of aliphatic hydroxyl groups excluding tert-OH is 2. The van der Waals surface area contributed by atoms with Gasteiger partial charge < -0.3 is 29.7 Å². The van der Waals surface area contributed by atoms with E-state index in [-0.39, 0.29) is 17.6 Å². The number of ether oxygens (including phenoxy) is 3. The lowest BCUT2D eigenvalue weighted by atomic mass is 9.63. The van der Waals surface area contributed by atoms with Gasteiger partial charge in [0.15, 0.2) is 12.1 Å². The number of methoxy groups -OCH3 is 1. The number of hydrogen-bond acceptors (Lipinski definition) is 7. The second kappa shape index (κ2) is 9.36. The molecule has 0 aromatic heterocycles. The molecule has 3 N–H and O–H groups in total. The highest BCUT2D eigenvalue weighted by molar-refractivity contribution is 6.08. The topological polar surface area (TPSA) is 97.3 Å². The van der Waals surface area contributed by atoms with Crippen molar-refractivity contribution in [1.82, 2.24) is 5.32 Å². The molecular weight excluding hydrogens is 506 g/mol. The van der Waals surface area contributed by atoms with Gasteiger partial charge in [-0.25, -0.2) is 0 Å². The second-order valence-electron chi connectivity index (χ2n) is 11.3. The van der Waals surface area contributed by atoms with Crippen molar-refractivity contribution >= 4 is 22.6 Å². The highest BCUT2D eigenvalue weighted by atomic mass is 16.7. The van der Waals surface area contributed by atoms with Gasteiger partial charge in [-0.15, -0.1) is 0 Å². The first-order chi connectivity index (χ1) is 19.4. The average Bonchev–Trinajstić information content (AvgIpc) is 3.49. The molecule has 7 rings (SSSR count). The van der Waals surface area contributed by atoms with E-state index in [1.165, 1.54) is 0 Å². The molecule has 40 heavy (non-hydrogen) atoms. The van der Waals surface area contributed by atoms with Crippen molar-refractivity contribution in [3.05, 3.63) is 95.1 Å². The highest BCUT2D eigenvalue weighted by Crippen LogP contribution is 2.63.